The molecule has 2 rings (SSSR count). The van der Waals surface area contributed by atoms with Gasteiger partial charge in [0.2, 0.25) is 0 Å². The Morgan fingerprint density at radius 3 is 2.82 bits per heavy atom. The van der Waals surface area contributed by atoms with Gasteiger partial charge in [-0.25, -0.2) is 9.78 Å². The van der Waals surface area contributed by atoms with Crippen molar-refractivity contribution in [3.63, 3.8) is 0 Å². The monoisotopic (exact) mass is 369 g/mol. The normalized spacial score (nSPS) is 13.1. The third-order valence-electron chi connectivity index (χ3n) is 2.82. The number of fused-ring (bicyclic) bond motifs is 1. The molecule has 6 nitrogen and oxygen atoms in total. The van der Waals surface area contributed by atoms with Gasteiger partial charge in [0.25, 0.3) is 0 Å². The highest BCUT2D eigenvalue weighted by molar-refractivity contribution is 9.10. The van der Waals surface area contributed by atoms with E-state index in [4.69, 9.17) is 9.47 Å². The van der Waals surface area contributed by atoms with Crippen LogP contribution in [0.2, 0.25) is 0 Å². The van der Waals surface area contributed by atoms with Gasteiger partial charge in [-0.3, -0.25) is 0 Å². The number of hydrogen-bond donors (Lipinski definition) is 2. The molecule has 1 amide bonds. The number of halogens is 1. The van der Waals surface area contributed by atoms with Crippen LogP contribution in [0.1, 0.15) is 32.6 Å². The molecule has 1 heterocycles. The van der Waals surface area contributed by atoms with Crippen LogP contribution in [0, 0.1) is 0 Å². The van der Waals surface area contributed by atoms with E-state index in [1.54, 1.807) is 7.11 Å². The molecule has 0 aliphatic carbocycles. The standard InChI is InChI=1S/C15H20BrN3O3/c1-15(2,3)22-14(20)19-12(8-21-4)13-17-10-6-5-9(16)7-11(10)18-13/h5-7,12H,8H2,1-4H3,(H,17,18)(H,19,20)/t12-/m0/s1. The first-order valence-electron chi connectivity index (χ1n) is 6.92. The number of imidazole rings is 1. The minimum Gasteiger partial charge on any atom is -0.444 e. The highest BCUT2D eigenvalue weighted by Crippen LogP contribution is 2.21. The van der Waals surface area contributed by atoms with Crippen molar-refractivity contribution in [2.75, 3.05) is 13.7 Å². The maximum atomic E-state index is 11.9. The number of nitrogens with zero attached hydrogens (tertiary/aromatic N) is 1. The van der Waals surface area contributed by atoms with Crippen molar-refractivity contribution in [1.29, 1.82) is 0 Å². The molecule has 0 saturated carbocycles. The third-order valence-corrected chi connectivity index (χ3v) is 3.31. The minimum absolute atomic E-state index is 0.292. The summed E-state index contributed by atoms with van der Waals surface area (Å²) < 4.78 is 11.4. The number of H-pyrrole nitrogens is 1. The average Bonchev–Trinajstić information content (AvgIpc) is 2.78. The predicted molar refractivity (Wildman–Crippen MR) is 87.8 cm³/mol. The van der Waals surface area contributed by atoms with E-state index < -0.39 is 17.7 Å². The van der Waals surface area contributed by atoms with Gasteiger partial charge in [0.1, 0.15) is 17.5 Å². The van der Waals surface area contributed by atoms with Crippen LogP contribution in [-0.4, -0.2) is 35.4 Å². The van der Waals surface area contributed by atoms with Gasteiger partial charge in [-0.2, -0.15) is 0 Å². The number of alkyl carbamates (subject to hydrolysis) is 1. The van der Waals surface area contributed by atoms with E-state index in [1.165, 1.54) is 0 Å². The number of carbonyl (C=O) groups excluding carboxylic acids is 1. The molecule has 1 aromatic heterocycles. The number of aromatic amines is 1. The fraction of sp³-hybridized carbons (Fsp3) is 0.467. The number of carbonyl (C=O) groups is 1. The summed E-state index contributed by atoms with van der Waals surface area (Å²) in [5.74, 6) is 0.626. The van der Waals surface area contributed by atoms with Crippen LogP contribution in [0.3, 0.4) is 0 Å². The highest BCUT2D eigenvalue weighted by Gasteiger charge is 2.22. The molecule has 22 heavy (non-hydrogen) atoms. The predicted octanol–water partition coefficient (Wildman–Crippen LogP) is 3.54. The molecule has 7 heteroatoms. The van der Waals surface area contributed by atoms with Gasteiger partial charge >= 0.3 is 6.09 Å². The molecule has 0 radical (unpaired) electrons. The number of benzene rings is 1. The molecule has 2 aromatic rings. The van der Waals surface area contributed by atoms with Crippen LogP contribution in [0.4, 0.5) is 4.79 Å². The van der Waals surface area contributed by atoms with Crippen molar-refractivity contribution in [2.45, 2.75) is 32.4 Å². The van der Waals surface area contributed by atoms with Crippen LogP contribution in [0.15, 0.2) is 22.7 Å². The van der Waals surface area contributed by atoms with Crippen LogP contribution < -0.4 is 5.32 Å². The molecule has 1 atom stereocenters. The molecular weight excluding hydrogens is 350 g/mol. The van der Waals surface area contributed by atoms with Crippen molar-refractivity contribution in [3.8, 4) is 0 Å². The van der Waals surface area contributed by atoms with Crippen molar-refractivity contribution in [3.05, 3.63) is 28.5 Å². The summed E-state index contributed by atoms with van der Waals surface area (Å²) in [6, 6.07) is 5.35. The minimum atomic E-state index is -0.555. The number of ether oxygens (including phenoxy) is 2. The van der Waals surface area contributed by atoms with Crippen LogP contribution in [0.25, 0.3) is 11.0 Å². The molecule has 0 unspecified atom stereocenters. The lowest BCUT2D eigenvalue weighted by Gasteiger charge is -2.22. The molecular formula is C15H20BrN3O3. The second-order valence-electron chi connectivity index (χ2n) is 5.94. The summed E-state index contributed by atoms with van der Waals surface area (Å²) >= 11 is 3.41. The van der Waals surface area contributed by atoms with Crippen molar-refractivity contribution in [2.24, 2.45) is 0 Å². The zero-order valence-corrected chi connectivity index (χ0v) is 14.7. The van der Waals surface area contributed by atoms with Crippen LogP contribution in [0.5, 0.6) is 0 Å². The van der Waals surface area contributed by atoms with Crippen LogP contribution in [-0.2, 0) is 9.47 Å². The highest BCUT2D eigenvalue weighted by atomic mass is 79.9. The topological polar surface area (TPSA) is 76.2 Å². The second kappa shape index (κ2) is 6.66. The lowest BCUT2D eigenvalue weighted by atomic mass is 10.2. The summed E-state index contributed by atoms with van der Waals surface area (Å²) in [7, 11) is 1.57. The Labute approximate surface area is 137 Å². The van der Waals surface area contributed by atoms with Gasteiger partial charge in [0.15, 0.2) is 0 Å². The van der Waals surface area contributed by atoms with Crippen LogP contribution >= 0.6 is 15.9 Å². The fourth-order valence-electron chi connectivity index (χ4n) is 1.97. The summed E-state index contributed by atoms with van der Waals surface area (Å²) in [6.07, 6.45) is -0.504. The SMILES string of the molecule is COC[C@H](NC(=O)OC(C)(C)C)c1nc2cc(Br)ccc2[nH]1. The second-order valence-corrected chi connectivity index (χ2v) is 6.85. The molecule has 1 aromatic carbocycles. The first-order valence-corrected chi connectivity index (χ1v) is 7.71. The maximum absolute atomic E-state index is 11.9. The number of aromatic nitrogens is 2. The first kappa shape index (κ1) is 16.8. The molecule has 120 valence electrons. The average molecular weight is 370 g/mol. The Morgan fingerprint density at radius 2 is 2.18 bits per heavy atom. The van der Waals surface area contributed by atoms with Crippen molar-refractivity contribution >= 4 is 33.1 Å². The molecule has 0 aliphatic heterocycles. The largest absolute Gasteiger partial charge is 0.444 e. The fourth-order valence-corrected chi connectivity index (χ4v) is 2.32. The Morgan fingerprint density at radius 1 is 1.45 bits per heavy atom. The van der Waals surface area contributed by atoms with E-state index >= 15 is 0 Å². The van der Waals surface area contributed by atoms with E-state index in [0.29, 0.717) is 12.4 Å². The van der Waals surface area contributed by atoms with E-state index in [-0.39, 0.29) is 0 Å². The van der Waals surface area contributed by atoms with Gasteiger partial charge in [0.05, 0.1) is 17.6 Å². The summed E-state index contributed by atoms with van der Waals surface area (Å²) in [6.45, 7) is 5.74. The number of hydrogen-bond acceptors (Lipinski definition) is 4. The van der Waals surface area contributed by atoms with Gasteiger partial charge in [0, 0.05) is 11.6 Å². The quantitative estimate of drug-likeness (QED) is 0.863. The lowest BCUT2D eigenvalue weighted by molar-refractivity contribution is 0.0464. The zero-order chi connectivity index (χ0) is 16.3. The smallest absolute Gasteiger partial charge is 0.408 e. The van der Waals surface area contributed by atoms with Gasteiger partial charge in [-0.15, -0.1) is 0 Å². The number of amides is 1. The van der Waals surface area contributed by atoms with Crippen molar-refractivity contribution in [1.82, 2.24) is 15.3 Å². The number of methoxy groups -OCH3 is 1. The van der Waals surface area contributed by atoms with Crippen molar-refractivity contribution < 1.29 is 14.3 Å². The van der Waals surface area contributed by atoms with E-state index in [0.717, 1.165) is 15.5 Å². The summed E-state index contributed by atoms with van der Waals surface area (Å²) in [5.41, 5.74) is 1.15. The Balaban J connectivity index is 2.20. The number of rotatable bonds is 4. The lowest BCUT2D eigenvalue weighted by Crippen LogP contribution is -2.37. The summed E-state index contributed by atoms with van der Waals surface area (Å²) in [4.78, 5) is 19.6. The van der Waals surface area contributed by atoms with E-state index in [1.807, 2.05) is 39.0 Å². The molecule has 2 N–H and O–H groups in total. The van der Waals surface area contributed by atoms with Gasteiger partial charge in [-0.1, -0.05) is 15.9 Å². The third kappa shape index (κ3) is 4.45. The zero-order valence-electron chi connectivity index (χ0n) is 13.1. The summed E-state index contributed by atoms with van der Waals surface area (Å²) in [5, 5.41) is 2.77. The molecule has 0 saturated heterocycles. The Hall–Kier alpha value is -1.60. The molecule has 0 aliphatic rings. The van der Waals surface area contributed by atoms with E-state index in [2.05, 4.69) is 31.2 Å². The van der Waals surface area contributed by atoms with Gasteiger partial charge in [-0.05, 0) is 39.0 Å². The first-order chi connectivity index (χ1) is 10.3. The maximum Gasteiger partial charge on any atom is 0.408 e. The molecule has 0 fully saturated rings. The molecule has 0 bridgehead atoms. The Kier molecular flexibility index (Phi) is 5.08. The Bertz CT molecular complexity index is 664. The number of nitrogens with one attached hydrogen (secondary N) is 2. The van der Waals surface area contributed by atoms with E-state index in [9.17, 15) is 4.79 Å². The molecule has 0 spiro atoms. The van der Waals surface area contributed by atoms with Gasteiger partial charge < -0.3 is 19.8 Å².